The van der Waals surface area contributed by atoms with E-state index in [4.69, 9.17) is 0 Å². The Balaban J connectivity index is 2.01. The van der Waals surface area contributed by atoms with Gasteiger partial charge in [0.05, 0.1) is 11.6 Å². The van der Waals surface area contributed by atoms with E-state index in [1.807, 2.05) is 73.7 Å². The van der Waals surface area contributed by atoms with E-state index in [1.54, 1.807) is 0 Å². The molecule has 3 rings (SSSR count). The zero-order valence-corrected chi connectivity index (χ0v) is 14.2. The van der Waals surface area contributed by atoms with Crippen molar-refractivity contribution in [3.05, 3.63) is 113 Å². The number of nitriles is 1. The highest BCUT2D eigenvalue weighted by Crippen LogP contribution is 2.25. The third-order valence-electron chi connectivity index (χ3n) is 4.18. The summed E-state index contributed by atoms with van der Waals surface area (Å²) in [6, 6.07) is 32.7. The maximum Gasteiger partial charge on any atom is 0.102 e. The van der Waals surface area contributed by atoms with Crippen LogP contribution in [0.2, 0.25) is 0 Å². The van der Waals surface area contributed by atoms with Gasteiger partial charge < -0.3 is 5.32 Å². The molecular weight excluding hydrogens is 304 g/mol. The van der Waals surface area contributed by atoms with Crippen molar-refractivity contribution in [3.63, 3.8) is 0 Å². The van der Waals surface area contributed by atoms with Gasteiger partial charge in [0.15, 0.2) is 0 Å². The van der Waals surface area contributed by atoms with E-state index in [0.29, 0.717) is 5.57 Å². The molecule has 2 nitrogen and oxygen atoms in total. The highest BCUT2D eigenvalue weighted by atomic mass is 14.9. The minimum atomic E-state index is -0.00513. The summed E-state index contributed by atoms with van der Waals surface area (Å²) in [7, 11) is 0. The summed E-state index contributed by atoms with van der Waals surface area (Å²) in [5.41, 5.74) is 4.79. The lowest BCUT2D eigenvalue weighted by atomic mass is 9.97. The molecule has 3 aromatic rings. The first-order valence-corrected chi connectivity index (χ1v) is 8.32. The Morgan fingerprint density at radius 2 is 1.20 bits per heavy atom. The normalized spacial score (nSPS) is 11.6. The van der Waals surface area contributed by atoms with Crippen LogP contribution in [0.1, 0.15) is 29.7 Å². The lowest BCUT2D eigenvalue weighted by Crippen LogP contribution is -2.21. The molecule has 0 aliphatic rings. The van der Waals surface area contributed by atoms with Crippen molar-refractivity contribution in [1.82, 2.24) is 5.32 Å². The summed E-state index contributed by atoms with van der Waals surface area (Å²) in [6.07, 6.45) is 0. The van der Waals surface area contributed by atoms with Gasteiger partial charge in [-0.1, -0.05) is 91.0 Å². The predicted octanol–water partition coefficient (Wildman–Crippen LogP) is 5.32. The van der Waals surface area contributed by atoms with Crippen LogP contribution in [0.3, 0.4) is 0 Å². The lowest BCUT2D eigenvalue weighted by molar-refractivity contribution is 0.694. The molecular formula is C23H20N2. The highest BCUT2D eigenvalue weighted by Gasteiger charge is 2.15. The molecule has 0 unspecified atom stereocenters. The minimum absolute atomic E-state index is 0.00513. The Labute approximate surface area is 149 Å². The van der Waals surface area contributed by atoms with Gasteiger partial charge in [0, 0.05) is 5.70 Å². The predicted molar refractivity (Wildman–Crippen MR) is 103 cm³/mol. The monoisotopic (exact) mass is 324 g/mol. The number of benzene rings is 3. The minimum Gasteiger partial charge on any atom is -0.377 e. The number of allylic oxidation sites excluding steroid dienone is 2. The summed E-state index contributed by atoms with van der Waals surface area (Å²) in [5, 5.41) is 13.2. The maximum atomic E-state index is 9.66. The van der Waals surface area contributed by atoms with E-state index >= 15 is 0 Å². The first-order valence-electron chi connectivity index (χ1n) is 8.32. The molecule has 0 atom stereocenters. The third-order valence-corrected chi connectivity index (χ3v) is 4.18. The molecule has 25 heavy (non-hydrogen) atoms. The summed E-state index contributed by atoms with van der Waals surface area (Å²) < 4.78 is 0. The first-order chi connectivity index (χ1) is 12.3. The summed E-state index contributed by atoms with van der Waals surface area (Å²) in [5.74, 6) is 0. The zero-order chi connectivity index (χ0) is 17.5. The Morgan fingerprint density at radius 1 is 0.760 bits per heavy atom. The lowest BCUT2D eigenvalue weighted by Gasteiger charge is -2.22. The molecule has 2 heteroatoms. The number of hydrogen-bond donors (Lipinski definition) is 1. The number of nitrogens with zero attached hydrogens (tertiary/aromatic N) is 1. The first kappa shape index (κ1) is 16.5. The number of hydrogen-bond acceptors (Lipinski definition) is 2. The van der Waals surface area contributed by atoms with Crippen LogP contribution in [-0.2, 0) is 0 Å². The molecule has 0 fully saturated rings. The Hall–Kier alpha value is -3.31. The Kier molecular flexibility index (Phi) is 5.29. The van der Waals surface area contributed by atoms with Crippen molar-refractivity contribution in [2.45, 2.75) is 13.0 Å². The Morgan fingerprint density at radius 3 is 1.64 bits per heavy atom. The SMILES string of the molecule is C/C(NC(c1ccccc1)c1ccccc1)=C(/C#N)c1ccccc1. The van der Waals surface area contributed by atoms with Crippen LogP contribution in [0.15, 0.2) is 96.7 Å². The van der Waals surface area contributed by atoms with Crippen molar-refractivity contribution in [3.8, 4) is 6.07 Å². The molecule has 122 valence electrons. The molecule has 0 saturated carbocycles. The van der Waals surface area contributed by atoms with Gasteiger partial charge in [-0.25, -0.2) is 0 Å². The van der Waals surface area contributed by atoms with E-state index in [9.17, 15) is 5.26 Å². The fourth-order valence-corrected chi connectivity index (χ4v) is 2.91. The Bertz CT molecular complexity index is 836. The van der Waals surface area contributed by atoms with Crippen LogP contribution >= 0.6 is 0 Å². The summed E-state index contributed by atoms with van der Waals surface area (Å²) in [4.78, 5) is 0. The number of rotatable bonds is 5. The van der Waals surface area contributed by atoms with Crippen LogP contribution in [-0.4, -0.2) is 0 Å². The number of nitrogens with one attached hydrogen (secondary N) is 1. The molecule has 0 heterocycles. The van der Waals surface area contributed by atoms with E-state index in [-0.39, 0.29) is 6.04 Å². The van der Waals surface area contributed by atoms with Gasteiger partial charge in [0.2, 0.25) is 0 Å². The topological polar surface area (TPSA) is 35.8 Å². The molecule has 0 amide bonds. The summed E-state index contributed by atoms with van der Waals surface area (Å²) in [6.45, 7) is 1.96. The molecule has 3 aromatic carbocycles. The van der Waals surface area contributed by atoms with Crippen LogP contribution in [0.5, 0.6) is 0 Å². The molecule has 0 spiro atoms. The van der Waals surface area contributed by atoms with Gasteiger partial charge >= 0.3 is 0 Å². The smallest absolute Gasteiger partial charge is 0.102 e. The van der Waals surface area contributed by atoms with Gasteiger partial charge in [-0.3, -0.25) is 0 Å². The van der Waals surface area contributed by atoms with Gasteiger partial charge in [-0.15, -0.1) is 0 Å². The molecule has 0 radical (unpaired) electrons. The van der Waals surface area contributed by atoms with Gasteiger partial charge in [0.1, 0.15) is 6.07 Å². The van der Waals surface area contributed by atoms with Crippen molar-refractivity contribution in [1.29, 1.82) is 5.26 Å². The maximum absolute atomic E-state index is 9.66. The molecule has 1 N–H and O–H groups in total. The second-order valence-electron chi connectivity index (χ2n) is 5.88. The van der Waals surface area contributed by atoms with Crippen molar-refractivity contribution < 1.29 is 0 Å². The summed E-state index contributed by atoms with van der Waals surface area (Å²) >= 11 is 0. The van der Waals surface area contributed by atoms with E-state index in [2.05, 4.69) is 35.7 Å². The van der Waals surface area contributed by atoms with Crippen LogP contribution < -0.4 is 5.32 Å². The second kappa shape index (κ2) is 7.99. The fraction of sp³-hybridized carbons (Fsp3) is 0.0870. The van der Waals surface area contributed by atoms with E-state index in [0.717, 1.165) is 11.3 Å². The molecule has 0 aliphatic carbocycles. The van der Waals surface area contributed by atoms with E-state index < -0.39 is 0 Å². The largest absolute Gasteiger partial charge is 0.377 e. The molecule has 0 aliphatic heterocycles. The van der Waals surface area contributed by atoms with Crippen LogP contribution in [0, 0.1) is 11.3 Å². The van der Waals surface area contributed by atoms with E-state index in [1.165, 1.54) is 11.1 Å². The average Bonchev–Trinajstić information content (AvgIpc) is 2.69. The van der Waals surface area contributed by atoms with Crippen LogP contribution in [0.4, 0.5) is 0 Å². The quantitative estimate of drug-likeness (QED) is 0.645. The third kappa shape index (κ3) is 3.97. The highest BCUT2D eigenvalue weighted by molar-refractivity contribution is 5.78. The molecule has 0 aromatic heterocycles. The van der Waals surface area contributed by atoms with Crippen LogP contribution in [0.25, 0.3) is 5.57 Å². The van der Waals surface area contributed by atoms with Gasteiger partial charge in [-0.05, 0) is 23.6 Å². The molecule has 0 bridgehead atoms. The zero-order valence-electron chi connectivity index (χ0n) is 14.2. The van der Waals surface area contributed by atoms with Gasteiger partial charge in [0.25, 0.3) is 0 Å². The van der Waals surface area contributed by atoms with Crippen molar-refractivity contribution >= 4 is 5.57 Å². The molecule has 0 saturated heterocycles. The van der Waals surface area contributed by atoms with Gasteiger partial charge in [-0.2, -0.15) is 5.26 Å². The van der Waals surface area contributed by atoms with Crippen molar-refractivity contribution in [2.75, 3.05) is 0 Å². The fourth-order valence-electron chi connectivity index (χ4n) is 2.91. The van der Waals surface area contributed by atoms with Crippen molar-refractivity contribution in [2.24, 2.45) is 0 Å². The second-order valence-corrected chi connectivity index (χ2v) is 5.88. The average molecular weight is 324 g/mol. The standard InChI is InChI=1S/C23H20N2/c1-18(22(17-24)19-11-5-2-6-12-19)25-23(20-13-7-3-8-14-20)21-15-9-4-10-16-21/h2-16,23,25H,1H3/b22-18+.